The number of carbonyl (C=O) groups is 2. The van der Waals surface area contributed by atoms with Gasteiger partial charge in [0.25, 0.3) is 11.8 Å². The summed E-state index contributed by atoms with van der Waals surface area (Å²) in [7, 11) is 0. The van der Waals surface area contributed by atoms with Gasteiger partial charge in [-0.1, -0.05) is 24.3 Å². The summed E-state index contributed by atoms with van der Waals surface area (Å²) in [5.74, 6) is -0.821. The number of imide groups is 1. The number of amides is 2. The Morgan fingerprint density at radius 3 is 2.74 bits per heavy atom. The molecule has 2 aromatic carbocycles. The Balaban J connectivity index is 1.21. The Kier molecular flexibility index (Phi) is 4.95. The van der Waals surface area contributed by atoms with Crippen LogP contribution in [0.4, 0.5) is 15.8 Å². The zero-order chi connectivity index (χ0) is 23.9. The number of nitrogens with one attached hydrogen (secondary N) is 3. The standard InChI is InChI=1S/C26H20FN5O3/c27-22-11-16(8-9-28-22)32-13-18(14-32)35-17-5-3-4-15(10-17)30-24-23(25(33)31-26(24)34)20-12-29-21-7-2-1-6-19(20)21/h1-12,18,29H,13-14H2,(H2,30,31,33,34). The lowest BCUT2D eigenvalue weighted by Gasteiger charge is -2.40. The Bertz CT molecular complexity index is 1510. The molecule has 1 fully saturated rings. The number of anilines is 2. The van der Waals surface area contributed by atoms with Crippen molar-refractivity contribution in [3.05, 3.63) is 90.3 Å². The van der Waals surface area contributed by atoms with Gasteiger partial charge in [0.15, 0.2) is 0 Å². The summed E-state index contributed by atoms with van der Waals surface area (Å²) < 4.78 is 19.4. The van der Waals surface area contributed by atoms with Crippen molar-refractivity contribution in [3.8, 4) is 5.75 Å². The first kappa shape index (κ1) is 20.9. The molecule has 35 heavy (non-hydrogen) atoms. The van der Waals surface area contributed by atoms with Crippen molar-refractivity contribution in [3.63, 3.8) is 0 Å². The zero-order valence-electron chi connectivity index (χ0n) is 18.4. The van der Waals surface area contributed by atoms with Gasteiger partial charge in [0.05, 0.1) is 18.7 Å². The Morgan fingerprint density at radius 2 is 1.89 bits per heavy atom. The number of halogens is 1. The van der Waals surface area contributed by atoms with E-state index in [1.807, 2.05) is 41.3 Å². The molecule has 9 heteroatoms. The molecule has 3 N–H and O–H groups in total. The number of benzene rings is 2. The second-order valence-electron chi connectivity index (χ2n) is 8.42. The van der Waals surface area contributed by atoms with Crippen LogP contribution in [-0.2, 0) is 9.59 Å². The number of aromatic nitrogens is 2. The van der Waals surface area contributed by atoms with Crippen molar-refractivity contribution in [2.24, 2.45) is 0 Å². The quantitative estimate of drug-likeness (QED) is 0.296. The lowest BCUT2D eigenvalue weighted by atomic mass is 10.0. The first-order valence-electron chi connectivity index (χ1n) is 11.1. The Morgan fingerprint density at radius 1 is 1.03 bits per heavy atom. The van der Waals surface area contributed by atoms with Crippen molar-refractivity contribution in [1.82, 2.24) is 15.3 Å². The Labute approximate surface area is 199 Å². The van der Waals surface area contributed by atoms with Crippen molar-refractivity contribution in [1.29, 1.82) is 0 Å². The summed E-state index contributed by atoms with van der Waals surface area (Å²) in [6.07, 6.45) is 3.12. The monoisotopic (exact) mass is 469 g/mol. The van der Waals surface area contributed by atoms with Gasteiger partial charge in [-0.3, -0.25) is 14.9 Å². The molecular weight excluding hydrogens is 449 g/mol. The zero-order valence-corrected chi connectivity index (χ0v) is 18.4. The molecule has 2 aliphatic heterocycles. The van der Waals surface area contributed by atoms with Crippen LogP contribution in [0.15, 0.2) is 78.8 Å². The number of nitrogens with zero attached hydrogens (tertiary/aromatic N) is 2. The second-order valence-corrected chi connectivity index (χ2v) is 8.42. The molecule has 0 atom stereocenters. The van der Waals surface area contributed by atoms with Gasteiger partial charge in [0.1, 0.15) is 17.6 Å². The highest BCUT2D eigenvalue weighted by atomic mass is 19.1. The molecule has 1 saturated heterocycles. The molecule has 4 heterocycles. The van der Waals surface area contributed by atoms with Gasteiger partial charge < -0.3 is 19.9 Å². The molecule has 0 unspecified atom stereocenters. The maximum atomic E-state index is 13.4. The average molecular weight is 469 g/mol. The minimum absolute atomic E-state index is 0.0566. The van der Waals surface area contributed by atoms with Gasteiger partial charge in [0.2, 0.25) is 5.95 Å². The molecule has 0 spiro atoms. The third kappa shape index (κ3) is 3.86. The van der Waals surface area contributed by atoms with Gasteiger partial charge in [-0.05, 0) is 24.3 Å². The van der Waals surface area contributed by atoms with E-state index in [9.17, 15) is 14.0 Å². The van der Waals surface area contributed by atoms with E-state index in [1.54, 1.807) is 24.4 Å². The van der Waals surface area contributed by atoms with Crippen LogP contribution in [0.1, 0.15) is 5.56 Å². The first-order chi connectivity index (χ1) is 17.0. The van der Waals surface area contributed by atoms with Crippen molar-refractivity contribution in [2.75, 3.05) is 23.3 Å². The maximum absolute atomic E-state index is 13.4. The molecule has 0 aliphatic carbocycles. The van der Waals surface area contributed by atoms with E-state index in [2.05, 4.69) is 20.6 Å². The average Bonchev–Trinajstić information content (AvgIpc) is 3.36. The van der Waals surface area contributed by atoms with Crippen LogP contribution in [-0.4, -0.2) is 41.0 Å². The molecule has 0 radical (unpaired) electrons. The number of para-hydroxylation sites is 1. The van der Waals surface area contributed by atoms with Gasteiger partial charge >= 0.3 is 0 Å². The number of carbonyl (C=O) groups excluding carboxylic acids is 2. The molecule has 2 aliphatic rings. The van der Waals surface area contributed by atoms with Crippen LogP contribution < -0.4 is 20.3 Å². The summed E-state index contributed by atoms with van der Waals surface area (Å²) in [4.78, 5) is 34.0. The van der Waals surface area contributed by atoms with E-state index in [0.29, 0.717) is 30.1 Å². The van der Waals surface area contributed by atoms with E-state index in [4.69, 9.17) is 4.74 Å². The minimum Gasteiger partial charge on any atom is -0.487 e. The molecule has 6 rings (SSSR count). The van der Waals surface area contributed by atoms with E-state index in [0.717, 1.165) is 16.6 Å². The fourth-order valence-electron chi connectivity index (χ4n) is 4.41. The number of fused-ring (bicyclic) bond motifs is 1. The SMILES string of the molecule is O=C1NC(=O)C(c2c[nH]c3ccccc23)=C1Nc1cccc(OC2CN(c3ccnc(F)c3)C2)c1. The van der Waals surface area contributed by atoms with Crippen LogP contribution in [0, 0.1) is 5.95 Å². The molecule has 8 nitrogen and oxygen atoms in total. The third-order valence-electron chi connectivity index (χ3n) is 6.12. The molecule has 4 aromatic rings. The predicted molar refractivity (Wildman–Crippen MR) is 129 cm³/mol. The van der Waals surface area contributed by atoms with E-state index >= 15 is 0 Å². The normalized spacial score (nSPS) is 16.0. The molecule has 0 bridgehead atoms. The highest BCUT2D eigenvalue weighted by Crippen LogP contribution is 2.32. The third-order valence-corrected chi connectivity index (χ3v) is 6.12. The van der Waals surface area contributed by atoms with Gasteiger partial charge in [-0.2, -0.15) is 4.39 Å². The number of hydrogen-bond acceptors (Lipinski definition) is 6. The number of H-pyrrole nitrogens is 1. The fourth-order valence-corrected chi connectivity index (χ4v) is 4.41. The van der Waals surface area contributed by atoms with Crippen molar-refractivity contribution >= 4 is 39.7 Å². The summed E-state index contributed by atoms with van der Waals surface area (Å²) in [5.41, 5.74) is 3.39. The van der Waals surface area contributed by atoms with Crippen LogP contribution in [0.5, 0.6) is 5.75 Å². The summed E-state index contributed by atoms with van der Waals surface area (Å²) in [6, 6.07) is 18.0. The van der Waals surface area contributed by atoms with Crippen LogP contribution >= 0.6 is 0 Å². The molecule has 174 valence electrons. The summed E-state index contributed by atoms with van der Waals surface area (Å²) in [5, 5.41) is 6.35. The maximum Gasteiger partial charge on any atom is 0.275 e. The molecular formula is C26H20FN5O3. The Hall–Kier alpha value is -4.66. The smallest absolute Gasteiger partial charge is 0.275 e. The highest BCUT2D eigenvalue weighted by molar-refractivity contribution is 6.38. The van der Waals surface area contributed by atoms with E-state index < -0.39 is 17.8 Å². The van der Waals surface area contributed by atoms with Crippen molar-refractivity contribution in [2.45, 2.75) is 6.10 Å². The van der Waals surface area contributed by atoms with Gasteiger partial charge in [-0.15, -0.1) is 0 Å². The summed E-state index contributed by atoms with van der Waals surface area (Å²) >= 11 is 0. The molecule has 2 amide bonds. The van der Waals surface area contributed by atoms with Crippen LogP contribution in [0.3, 0.4) is 0 Å². The largest absolute Gasteiger partial charge is 0.487 e. The molecule has 2 aromatic heterocycles. The second kappa shape index (κ2) is 8.28. The number of aromatic amines is 1. The van der Waals surface area contributed by atoms with Gasteiger partial charge in [0, 0.05) is 52.4 Å². The van der Waals surface area contributed by atoms with Gasteiger partial charge in [-0.25, -0.2) is 4.98 Å². The number of pyridine rings is 1. The minimum atomic E-state index is -0.513. The van der Waals surface area contributed by atoms with Crippen molar-refractivity contribution < 1.29 is 18.7 Å². The van der Waals surface area contributed by atoms with Crippen LogP contribution in [0.25, 0.3) is 16.5 Å². The van der Waals surface area contributed by atoms with Crippen LogP contribution in [0.2, 0.25) is 0 Å². The topological polar surface area (TPSA) is 99.3 Å². The molecule has 0 saturated carbocycles. The lowest BCUT2D eigenvalue weighted by molar-refractivity contribution is -0.123. The van der Waals surface area contributed by atoms with E-state index in [-0.39, 0.29) is 17.4 Å². The number of rotatable bonds is 6. The predicted octanol–water partition coefficient (Wildman–Crippen LogP) is 3.45. The number of hydrogen-bond donors (Lipinski definition) is 3. The van der Waals surface area contributed by atoms with E-state index in [1.165, 1.54) is 12.3 Å². The number of ether oxygens (including phenoxy) is 1. The summed E-state index contributed by atoms with van der Waals surface area (Å²) in [6.45, 7) is 1.24. The first-order valence-corrected chi connectivity index (χ1v) is 11.1. The lowest BCUT2D eigenvalue weighted by Crippen LogP contribution is -2.54. The highest BCUT2D eigenvalue weighted by Gasteiger charge is 2.33. The fraction of sp³-hybridized carbons (Fsp3) is 0.115.